The van der Waals surface area contributed by atoms with Crippen molar-refractivity contribution in [2.75, 3.05) is 24.7 Å². The molecule has 0 aliphatic heterocycles. The van der Waals surface area contributed by atoms with Gasteiger partial charge >= 0.3 is 0 Å². The fourth-order valence-electron chi connectivity index (χ4n) is 2.96. The van der Waals surface area contributed by atoms with Crippen molar-refractivity contribution in [3.8, 4) is 22.4 Å². The van der Waals surface area contributed by atoms with Gasteiger partial charge in [-0.3, -0.25) is 4.68 Å². The first-order chi connectivity index (χ1) is 11.4. The molecule has 0 saturated heterocycles. The lowest BCUT2D eigenvalue weighted by Crippen LogP contribution is -2.07. The second kappa shape index (κ2) is 6.04. The molecule has 0 amide bonds. The average molecular weight is 320 g/mol. The zero-order chi connectivity index (χ0) is 17.4. The van der Waals surface area contributed by atoms with Gasteiger partial charge in [-0.15, -0.1) is 0 Å². The molecular formula is C20H24N4. The molecule has 2 N–H and O–H groups in total. The summed E-state index contributed by atoms with van der Waals surface area (Å²) in [5, 5.41) is 4.50. The molecule has 0 atom stereocenters. The highest BCUT2D eigenvalue weighted by Gasteiger charge is 2.12. The van der Waals surface area contributed by atoms with Gasteiger partial charge in [0.1, 0.15) is 5.82 Å². The first-order valence-electron chi connectivity index (χ1n) is 8.05. The van der Waals surface area contributed by atoms with Gasteiger partial charge in [-0.1, -0.05) is 18.2 Å². The van der Waals surface area contributed by atoms with Crippen LogP contribution in [-0.2, 0) is 7.05 Å². The minimum atomic E-state index is 0.672. The fraction of sp³-hybridized carbons (Fsp3) is 0.250. The van der Waals surface area contributed by atoms with Crippen LogP contribution in [0.1, 0.15) is 11.1 Å². The van der Waals surface area contributed by atoms with Crippen molar-refractivity contribution in [3.63, 3.8) is 0 Å². The number of hydrogen-bond donors (Lipinski definition) is 1. The molecule has 2 aromatic carbocycles. The van der Waals surface area contributed by atoms with Gasteiger partial charge in [-0.05, 0) is 54.3 Å². The Bertz CT molecular complexity index is 854. The van der Waals surface area contributed by atoms with Crippen molar-refractivity contribution >= 4 is 11.5 Å². The maximum atomic E-state index is 5.92. The Labute approximate surface area is 143 Å². The normalized spacial score (nSPS) is 10.9. The fourth-order valence-corrected chi connectivity index (χ4v) is 2.96. The summed E-state index contributed by atoms with van der Waals surface area (Å²) < 4.78 is 1.71. The van der Waals surface area contributed by atoms with Crippen molar-refractivity contribution in [2.24, 2.45) is 7.05 Å². The summed E-state index contributed by atoms with van der Waals surface area (Å²) >= 11 is 0. The third-order valence-corrected chi connectivity index (χ3v) is 4.46. The van der Waals surface area contributed by atoms with Crippen LogP contribution in [0, 0.1) is 13.8 Å². The number of rotatable bonds is 3. The largest absolute Gasteiger partial charge is 0.384 e. The Morgan fingerprint density at radius 1 is 0.917 bits per heavy atom. The van der Waals surface area contributed by atoms with Gasteiger partial charge in [0.05, 0.1) is 5.69 Å². The third-order valence-electron chi connectivity index (χ3n) is 4.46. The number of aromatic nitrogens is 2. The second-order valence-corrected chi connectivity index (χ2v) is 6.50. The van der Waals surface area contributed by atoms with Gasteiger partial charge in [0, 0.05) is 38.5 Å². The highest BCUT2D eigenvalue weighted by molar-refractivity contribution is 5.76. The molecule has 0 bridgehead atoms. The van der Waals surface area contributed by atoms with E-state index in [1.165, 1.54) is 27.9 Å². The zero-order valence-electron chi connectivity index (χ0n) is 15.0. The lowest BCUT2D eigenvalue weighted by Gasteiger charge is -2.15. The highest BCUT2D eigenvalue weighted by atomic mass is 15.3. The molecule has 1 aromatic heterocycles. The van der Waals surface area contributed by atoms with Crippen molar-refractivity contribution in [1.29, 1.82) is 0 Å². The van der Waals surface area contributed by atoms with Crippen LogP contribution in [0.3, 0.4) is 0 Å². The maximum absolute atomic E-state index is 5.92. The molecule has 0 saturated carbocycles. The molecule has 3 aromatic rings. The van der Waals surface area contributed by atoms with Gasteiger partial charge in [0.25, 0.3) is 0 Å². The number of nitrogen functional groups attached to an aromatic ring is 1. The standard InChI is InChI=1S/C20H24N4/c1-13-11-18(19-12-20(21)24(5)22-19)14(2)10-17(13)15-6-8-16(9-7-15)23(3)4/h6-12H,21H2,1-5H3. The molecule has 124 valence electrons. The molecular weight excluding hydrogens is 296 g/mol. The Hall–Kier alpha value is -2.75. The molecule has 0 radical (unpaired) electrons. The van der Waals surface area contributed by atoms with Crippen molar-refractivity contribution in [1.82, 2.24) is 9.78 Å². The van der Waals surface area contributed by atoms with E-state index in [9.17, 15) is 0 Å². The van der Waals surface area contributed by atoms with E-state index in [4.69, 9.17) is 5.73 Å². The third kappa shape index (κ3) is 2.87. The van der Waals surface area contributed by atoms with E-state index in [1.54, 1.807) is 4.68 Å². The zero-order valence-corrected chi connectivity index (χ0v) is 15.0. The lowest BCUT2D eigenvalue weighted by molar-refractivity contribution is 0.782. The smallest absolute Gasteiger partial charge is 0.121 e. The first-order valence-corrected chi connectivity index (χ1v) is 8.05. The quantitative estimate of drug-likeness (QED) is 0.793. The summed E-state index contributed by atoms with van der Waals surface area (Å²) in [6.07, 6.45) is 0. The van der Waals surface area contributed by atoms with Crippen LogP contribution in [0.2, 0.25) is 0 Å². The molecule has 0 fully saturated rings. The molecule has 4 nitrogen and oxygen atoms in total. The number of benzene rings is 2. The average Bonchev–Trinajstić information content (AvgIpc) is 2.88. The van der Waals surface area contributed by atoms with Gasteiger partial charge in [-0.25, -0.2) is 0 Å². The topological polar surface area (TPSA) is 47.1 Å². The molecule has 0 unspecified atom stereocenters. The van der Waals surface area contributed by atoms with E-state index < -0.39 is 0 Å². The molecule has 0 aliphatic rings. The monoisotopic (exact) mass is 320 g/mol. The summed E-state index contributed by atoms with van der Waals surface area (Å²) in [4.78, 5) is 2.11. The summed E-state index contributed by atoms with van der Waals surface area (Å²) in [5.74, 6) is 0.672. The number of anilines is 2. The Kier molecular flexibility index (Phi) is 4.06. The van der Waals surface area contributed by atoms with Crippen molar-refractivity contribution in [2.45, 2.75) is 13.8 Å². The minimum Gasteiger partial charge on any atom is -0.384 e. The minimum absolute atomic E-state index is 0.672. The first kappa shape index (κ1) is 16.1. The number of aryl methyl sites for hydroxylation is 3. The van der Waals surface area contributed by atoms with Crippen LogP contribution < -0.4 is 10.6 Å². The van der Waals surface area contributed by atoms with Gasteiger partial charge in [-0.2, -0.15) is 5.10 Å². The van der Waals surface area contributed by atoms with Crippen LogP contribution >= 0.6 is 0 Å². The van der Waals surface area contributed by atoms with Crippen LogP contribution in [0.4, 0.5) is 11.5 Å². The van der Waals surface area contributed by atoms with E-state index in [1.807, 2.05) is 13.1 Å². The molecule has 4 heteroatoms. The van der Waals surface area contributed by atoms with Gasteiger partial charge < -0.3 is 10.6 Å². The summed E-state index contributed by atoms with van der Waals surface area (Å²) in [7, 11) is 5.97. The summed E-state index contributed by atoms with van der Waals surface area (Å²) in [6.45, 7) is 4.27. The SMILES string of the molecule is Cc1cc(-c2cc(N)n(C)n2)c(C)cc1-c1ccc(N(C)C)cc1. The van der Waals surface area contributed by atoms with Crippen LogP contribution in [0.15, 0.2) is 42.5 Å². The van der Waals surface area contributed by atoms with Crippen LogP contribution in [0.25, 0.3) is 22.4 Å². The predicted octanol–water partition coefficient (Wildman–Crippen LogP) is 4.02. The van der Waals surface area contributed by atoms with Crippen LogP contribution in [0.5, 0.6) is 0 Å². The summed E-state index contributed by atoms with van der Waals surface area (Å²) in [5.41, 5.74) is 14.1. The lowest BCUT2D eigenvalue weighted by atomic mass is 9.93. The van der Waals surface area contributed by atoms with E-state index >= 15 is 0 Å². The number of nitrogens with two attached hydrogens (primary N) is 1. The number of nitrogens with zero attached hydrogens (tertiary/aromatic N) is 3. The molecule has 0 spiro atoms. The number of hydrogen-bond acceptors (Lipinski definition) is 3. The van der Waals surface area contributed by atoms with E-state index in [-0.39, 0.29) is 0 Å². The van der Waals surface area contributed by atoms with Gasteiger partial charge in [0.15, 0.2) is 0 Å². The van der Waals surface area contributed by atoms with Crippen molar-refractivity contribution in [3.05, 3.63) is 53.6 Å². The maximum Gasteiger partial charge on any atom is 0.121 e. The predicted molar refractivity (Wildman–Crippen MR) is 102 cm³/mol. The van der Waals surface area contributed by atoms with Crippen molar-refractivity contribution < 1.29 is 0 Å². The summed E-state index contributed by atoms with van der Waals surface area (Å²) in [6, 6.07) is 15.0. The van der Waals surface area contributed by atoms with E-state index in [0.717, 1.165) is 11.3 Å². The van der Waals surface area contributed by atoms with E-state index in [2.05, 4.69) is 74.3 Å². The molecule has 24 heavy (non-hydrogen) atoms. The highest BCUT2D eigenvalue weighted by Crippen LogP contribution is 2.32. The Balaban J connectivity index is 2.03. The van der Waals surface area contributed by atoms with Gasteiger partial charge in [0.2, 0.25) is 0 Å². The van der Waals surface area contributed by atoms with Crippen LogP contribution in [-0.4, -0.2) is 23.9 Å². The molecule has 3 rings (SSSR count). The Morgan fingerprint density at radius 3 is 2.04 bits per heavy atom. The molecule has 1 heterocycles. The molecule has 0 aliphatic carbocycles. The Morgan fingerprint density at radius 2 is 1.50 bits per heavy atom. The second-order valence-electron chi connectivity index (χ2n) is 6.50. The van der Waals surface area contributed by atoms with E-state index in [0.29, 0.717) is 5.82 Å².